The van der Waals surface area contributed by atoms with E-state index in [1.807, 2.05) is 0 Å². The molecule has 0 spiro atoms. The summed E-state index contributed by atoms with van der Waals surface area (Å²) in [6, 6.07) is 0. The van der Waals surface area contributed by atoms with E-state index in [9.17, 15) is 4.79 Å². The molecule has 2 N–H and O–H groups in total. The molecular weight excluding hydrogens is 140 g/mol. The normalized spacial score (nSPS) is 27.5. The summed E-state index contributed by atoms with van der Waals surface area (Å²) in [4.78, 5) is 13.4. The van der Waals surface area contributed by atoms with Gasteiger partial charge in [0.05, 0.1) is 0 Å². The lowest BCUT2D eigenvalue weighted by molar-refractivity contribution is -0.126. The molecule has 1 atom stereocenters. The average molecular weight is 156 g/mol. The lowest BCUT2D eigenvalue weighted by atomic mass is 9.94. The van der Waals surface area contributed by atoms with E-state index in [1.165, 1.54) is 0 Å². The van der Waals surface area contributed by atoms with Gasteiger partial charge in [-0.25, -0.2) is 0 Å². The summed E-state index contributed by atoms with van der Waals surface area (Å²) in [6.07, 6.45) is 1.56. The number of nitrogens with zero attached hydrogens (tertiary/aromatic N) is 1. The molecule has 3 nitrogen and oxygen atoms in total. The average Bonchev–Trinajstić information content (AvgIpc) is 1.98. The van der Waals surface area contributed by atoms with Crippen LogP contribution in [-0.2, 0) is 4.79 Å². The Morgan fingerprint density at radius 3 is 3.09 bits per heavy atom. The van der Waals surface area contributed by atoms with Crippen LogP contribution in [0.5, 0.6) is 0 Å². The summed E-state index contributed by atoms with van der Waals surface area (Å²) in [7, 11) is 2.05. The second-order valence-electron chi connectivity index (χ2n) is 3.25. The van der Waals surface area contributed by atoms with Crippen LogP contribution in [0.15, 0.2) is 0 Å². The molecule has 0 radical (unpaired) electrons. The Balaban J connectivity index is 2.40. The smallest absolute Gasteiger partial charge is 0.138 e. The Bertz CT molecular complexity index is 147. The van der Waals surface area contributed by atoms with E-state index in [2.05, 4.69) is 11.9 Å². The maximum Gasteiger partial charge on any atom is 0.138 e. The van der Waals surface area contributed by atoms with Gasteiger partial charge in [0.2, 0.25) is 0 Å². The Morgan fingerprint density at radius 2 is 2.45 bits per heavy atom. The first-order chi connectivity index (χ1) is 5.24. The zero-order valence-corrected chi connectivity index (χ0v) is 7.05. The van der Waals surface area contributed by atoms with Gasteiger partial charge in [-0.2, -0.15) is 0 Å². The fourth-order valence-corrected chi connectivity index (χ4v) is 1.53. The van der Waals surface area contributed by atoms with E-state index in [4.69, 9.17) is 5.73 Å². The second-order valence-corrected chi connectivity index (χ2v) is 3.25. The number of carbonyl (C=O) groups is 1. The van der Waals surface area contributed by atoms with Gasteiger partial charge < -0.3 is 10.6 Å². The number of Topliss-reactive ketones (excluding diaryl/α,β-unsaturated/α-hetero) is 1. The molecule has 1 rings (SSSR count). The number of carbonyl (C=O) groups excluding carboxylic acids is 1. The van der Waals surface area contributed by atoms with Crippen molar-refractivity contribution in [1.29, 1.82) is 0 Å². The molecule has 1 fully saturated rings. The highest BCUT2D eigenvalue weighted by Crippen LogP contribution is 2.13. The molecule has 0 bridgehead atoms. The first-order valence-electron chi connectivity index (χ1n) is 4.15. The third kappa shape index (κ3) is 2.27. The first kappa shape index (κ1) is 8.68. The summed E-state index contributed by atoms with van der Waals surface area (Å²) < 4.78 is 0. The summed E-state index contributed by atoms with van der Waals surface area (Å²) in [5, 5.41) is 0. The van der Waals surface area contributed by atoms with Gasteiger partial charge in [-0.3, -0.25) is 4.79 Å². The molecule has 1 aliphatic rings. The van der Waals surface area contributed by atoms with Crippen LogP contribution in [0.4, 0.5) is 0 Å². The summed E-state index contributed by atoms with van der Waals surface area (Å²) in [5.74, 6) is 0.604. The Morgan fingerprint density at radius 1 is 1.73 bits per heavy atom. The van der Waals surface area contributed by atoms with Gasteiger partial charge >= 0.3 is 0 Å². The molecule has 0 aromatic rings. The minimum atomic E-state index is 0.207. The van der Waals surface area contributed by atoms with Gasteiger partial charge in [-0.15, -0.1) is 0 Å². The zero-order valence-electron chi connectivity index (χ0n) is 7.05. The maximum absolute atomic E-state index is 11.2. The molecule has 0 aromatic heterocycles. The molecule has 1 unspecified atom stereocenters. The van der Waals surface area contributed by atoms with Crippen LogP contribution in [0.3, 0.4) is 0 Å². The van der Waals surface area contributed by atoms with Gasteiger partial charge in [0.1, 0.15) is 5.78 Å². The van der Waals surface area contributed by atoms with Crippen LogP contribution in [-0.4, -0.2) is 37.4 Å². The number of ketones is 1. The fraction of sp³-hybridized carbons (Fsp3) is 0.875. The molecule has 11 heavy (non-hydrogen) atoms. The molecule has 0 amide bonds. The molecule has 1 saturated heterocycles. The largest absolute Gasteiger partial charge is 0.330 e. The van der Waals surface area contributed by atoms with Gasteiger partial charge in [0.15, 0.2) is 0 Å². The second kappa shape index (κ2) is 3.83. The molecule has 0 aromatic carbocycles. The van der Waals surface area contributed by atoms with Crippen molar-refractivity contribution in [2.24, 2.45) is 11.7 Å². The zero-order chi connectivity index (χ0) is 8.27. The fourth-order valence-electron chi connectivity index (χ4n) is 1.53. The Labute approximate surface area is 67.5 Å². The van der Waals surface area contributed by atoms with E-state index >= 15 is 0 Å². The molecule has 1 heterocycles. The lowest BCUT2D eigenvalue weighted by Gasteiger charge is -2.28. The number of piperidine rings is 1. The van der Waals surface area contributed by atoms with Crippen molar-refractivity contribution in [3.63, 3.8) is 0 Å². The highest BCUT2D eigenvalue weighted by Gasteiger charge is 2.23. The maximum atomic E-state index is 11.2. The van der Waals surface area contributed by atoms with Crippen molar-refractivity contribution in [3.8, 4) is 0 Å². The van der Waals surface area contributed by atoms with Crippen LogP contribution in [0.1, 0.15) is 12.8 Å². The van der Waals surface area contributed by atoms with Gasteiger partial charge in [-0.05, 0) is 20.0 Å². The van der Waals surface area contributed by atoms with Gasteiger partial charge in [0, 0.05) is 25.4 Å². The number of hydrogen-bond acceptors (Lipinski definition) is 3. The van der Waals surface area contributed by atoms with Crippen LogP contribution in [0.2, 0.25) is 0 Å². The number of likely N-dealkylation sites (tertiary alicyclic amines) is 1. The van der Waals surface area contributed by atoms with Gasteiger partial charge in [-0.1, -0.05) is 0 Å². The number of rotatable bonds is 2. The van der Waals surface area contributed by atoms with Crippen molar-refractivity contribution in [1.82, 2.24) is 4.90 Å². The summed E-state index contributed by atoms with van der Waals surface area (Å²) >= 11 is 0. The predicted octanol–water partition coefficient (Wildman–Crippen LogP) is -0.144. The highest BCUT2D eigenvalue weighted by atomic mass is 16.1. The summed E-state index contributed by atoms with van der Waals surface area (Å²) in [6.45, 7) is 2.44. The van der Waals surface area contributed by atoms with Crippen molar-refractivity contribution in [2.75, 3.05) is 26.7 Å². The van der Waals surface area contributed by atoms with E-state index < -0.39 is 0 Å². The SMILES string of the molecule is CN1CCC(=O)C(CCN)C1. The van der Waals surface area contributed by atoms with Crippen molar-refractivity contribution >= 4 is 5.78 Å². The molecular formula is C8H16N2O. The highest BCUT2D eigenvalue weighted by molar-refractivity contribution is 5.82. The Hall–Kier alpha value is -0.410. The van der Waals surface area contributed by atoms with E-state index in [1.54, 1.807) is 0 Å². The quantitative estimate of drug-likeness (QED) is 0.605. The van der Waals surface area contributed by atoms with Crippen molar-refractivity contribution in [3.05, 3.63) is 0 Å². The molecule has 0 aliphatic carbocycles. The van der Waals surface area contributed by atoms with Crippen LogP contribution in [0, 0.1) is 5.92 Å². The van der Waals surface area contributed by atoms with Crippen molar-refractivity contribution < 1.29 is 4.79 Å². The molecule has 0 saturated carbocycles. The summed E-state index contributed by atoms with van der Waals surface area (Å²) in [5.41, 5.74) is 5.40. The molecule has 1 aliphatic heterocycles. The minimum absolute atomic E-state index is 0.207. The standard InChI is InChI=1S/C8H16N2O/c1-10-5-3-8(11)7(6-10)2-4-9/h7H,2-6,9H2,1H3. The third-order valence-corrected chi connectivity index (χ3v) is 2.24. The third-order valence-electron chi connectivity index (χ3n) is 2.24. The lowest BCUT2D eigenvalue weighted by Crippen LogP contribution is -2.39. The van der Waals surface area contributed by atoms with E-state index in [-0.39, 0.29) is 5.92 Å². The minimum Gasteiger partial charge on any atom is -0.330 e. The number of nitrogens with two attached hydrogens (primary N) is 1. The van der Waals surface area contributed by atoms with Crippen LogP contribution < -0.4 is 5.73 Å². The van der Waals surface area contributed by atoms with Crippen molar-refractivity contribution in [2.45, 2.75) is 12.8 Å². The monoisotopic (exact) mass is 156 g/mol. The number of hydrogen-bond donors (Lipinski definition) is 1. The van der Waals surface area contributed by atoms with Crippen LogP contribution >= 0.6 is 0 Å². The van der Waals surface area contributed by atoms with Gasteiger partial charge in [0.25, 0.3) is 0 Å². The topological polar surface area (TPSA) is 46.3 Å². The Kier molecular flexibility index (Phi) is 3.02. The first-order valence-corrected chi connectivity index (χ1v) is 4.15. The predicted molar refractivity (Wildman–Crippen MR) is 44.3 cm³/mol. The van der Waals surface area contributed by atoms with E-state index in [0.29, 0.717) is 18.7 Å². The van der Waals surface area contributed by atoms with Crippen LogP contribution in [0.25, 0.3) is 0 Å². The molecule has 64 valence electrons. The van der Waals surface area contributed by atoms with E-state index in [0.717, 1.165) is 19.5 Å². The molecule has 3 heteroatoms.